The third kappa shape index (κ3) is 1.37. The van der Waals surface area contributed by atoms with Gasteiger partial charge in [-0.05, 0) is 17.7 Å². The van der Waals surface area contributed by atoms with Gasteiger partial charge in [-0.2, -0.15) is 0 Å². The molecule has 0 aliphatic rings. The highest BCUT2D eigenvalue weighted by atomic mass is 32.2. The topological polar surface area (TPSA) is 38.9 Å². The highest BCUT2D eigenvalue weighted by Crippen LogP contribution is 2.25. The predicted molar refractivity (Wildman–Crippen MR) is 49.4 cm³/mol. The van der Waals surface area contributed by atoms with Crippen LogP contribution < -0.4 is 0 Å². The molecule has 5 heteroatoms. The molecule has 0 radical (unpaired) electrons. The van der Waals surface area contributed by atoms with Crippen molar-refractivity contribution in [2.45, 2.75) is 5.22 Å². The van der Waals surface area contributed by atoms with Crippen molar-refractivity contribution in [1.29, 1.82) is 0 Å². The first-order chi connectivity index (χ1) is 5.90. The number of aromatic nitrogens is 2. The van der Waals surface area contributed by atoms with Gasteiger partial charge in [0.1, 0.15) is 0 Å². The Morgan fingerprint density at radius 1 is 1.50 bits per heavy atom. The second-order valence-corrected chi connectivity index (χ2v) is 3.76. The summed E-state index contributed by atoms with van der Waals surface area (Å²) in [5.74, 6) is 0.606. The molecule has 0 spiro atoms. The van der Waals surface area contributed by atoms with E-state index in [1.54, 1.807) is 11.3 Å². The number of thiophene rings is 1. The van der Waals surface area contributed by atoms with Gasteiger partial charge in [0.2, 0.25) is 0 Å². The lowest BCUT2D eigenvalue weighted by atomic mass is 10.5. The van der Waals surface area contributed by atoms with Crippen molar-refractivity contribution in [2.75, 3.05) is 6.26 Å². The van der Waals surface area contributed by atoms with Crippen molar-refractivity contribution in [3.63, 3.8) is 0 Å². The van der Waals surface area contributed by atoms with Crippen molar-refractivity contribution in [3.05, 3.63) is 17.5 Å². The number of thioether (sulfide) groups is 1. The van der Waals surface area contributed by atoms with E-state index in [1.165, 1.54) is 11.8 Å². The first-order valence-electron chi connectivity index (χ1n) is 3.31. The standard InChI is InChI=1S/C7H6N2OS2/c1-11-7-9-8-6(10-7)5-3-2-4-12-5/h2-4H,1H3. The summed E-state index contributed by atoms with van der Waals surface area (Å²) in [6.45, 7) is 0. The summed E-state index contributed by atoms with van der Waals surface area (Å²) in [5.41, 5.74) is 0. The van der Waals surface area contributed by atoms with Gasteiger partial charge in [0, 0.05) is 0 Å². The Bertz CT molecular complexity index is 355. The summed E-state index contributed by atoms with van der Waals surface area (Å²) in [6, 6.07) is 3.92. The van der Waals surface area contributed by atoms with E-state index >= 15 is 0 Å². The lowest BCUT2D eigenvalue weighted by Gasteiger charge is -1.84. The zero-order chi connectivity index (χ0) is 8.39. The Morgan fingerprint density at radius 2 is 2.42 bits per heavy atom. The van der Waals surface area contributed by atoms with Crippen LogP contribution in [0.3, 0.4) is 0 Å². The van der Waals surface area contributed by atoms with Crippen LogP contribution in [0.2, 0.25) is 0 Å². The van der Waals surface area contributed by atoms with E-state index in [-0.39, 0.29) is 0 Å². The molecule has 0 atom stereocenters. The largest absolute Gasteiger partial charge is 0.410 e. The molecule has 0 amide bonds. The lowest BCUT2D eigenvalue weighted by Crippen LogP contribution is -1.70. The highest BCUT2D eigenvalue weighted by molar-refractivity contribution is 7.98. The quantitative estimate of drug-likeness (QED) is 0.695. The van der Waals surface area contributed by atoms with E-state index in [9.17, 15) is 0 Å². The first kappa shape index (κ1) is 7.82. The van der Waals surface area contributed by atoms with Gasteiger partial charge < -0.3 is 4.42 Å². The van der Waals surface area contributed by atoms with Gasteiger partial charge in [0.05, 0.1) is 4.88 Å². The van der Waals surface area contributed by atoms with E-state index in [4.69, 9.17) is 4.42 Å². The molecule has 0 aromatic carbocycles. The highest BCUT2D eigenvalue weighted by Gasteiger charge is 2.07. The van der Waals surface area contributed by atoms with Crippen molar-refractivity contribution in [3.8, 4) is 10.8 Å². The molecule has 0 saturated carbocycles. The smallest absolute Gasteiger partial charge is 0.276 e. The summed E-state index contributed by atoms with van der Waals surface area (Å²) in [6.07, 6.45) is 1.91. The van der Waals surface area contributed by atoms with E-state index in [0.717, 1.165) is 4.88 Å². The Hall–Kier alpha value is -0.810. The summed E-state index contributed by atoms with van der Waals surface area (Å²) in [5, 5.41) is 10.3. The van der Waals surface area contributed by atoms with Crippen LogP contribution in [0.4, 0.5) is 0 Å². The fourth-order valence-electron chi connectivity index (χ4n) is 0.792. The minimum Gasteiger partial charge on any atom is -0.410 e. The first-order valence-corrected chi connectivity index (χ1v) is 5.42. The molecule has 3 nitrogen and oxygen atoms in total. The van der Waals surface area contributed by atoms with E-state index in [2.05, 4.69) is 10.2 Å². The van der Waals surface area contributed by atoms with Gasteiger partial charge in [-0.1, -0.05) is 17.8 Å². The normalized spacial score (nSPS) is 10.4. The molecular weight excluding hydrogens is 192 g/mol. The van der Waals surface area contributed by atoms with Crippen LogP contribution in [-0.2, 0) is 0 Å². The summed E-state index contributed by atoms with van der Waals surface area (Å²) in [7, 11) is 0. The lowest BCUT2D eigenvalue weighted by molar-refractivity contribution is 0.467. The molecule has 0 N–H and O–H groups in total. The SMILES string of the molecule is CSc1nnc(-c2cccs2)o1. The van der Waals surface area contributed by atoms with Gasteiger partial charge in [-0.15, -0.1) is 21.5 Å². The maximum Gasteiger partial charge on any atom is 0.276 e. The van der Waals surface area contributed by atoms with Gasteiger partial charge in [-0.25, -0.2) is 0 Å². The van der Waals surface area contributed by atoms with Crippen molar-refractivity contribution in [2.24, 2.45) is 0 Å². The minimum atomic E-state index is 0.606. The van der Waals surface area contributed by atoms with E-state index in [1.807, 2.05) is 23.8 Å². The van der Waals surface area contributed by atoms with Crippen LogP contribution in [0.15, 0.2) is 27.2 Å². The monoisotopic (exact) mass is 198 g/mol. The molecule has 0 aliphatic carbocycles. The molecule has 0 fully saturated rings. The van der Waals surface area contributed by atoms with E-state index in [0.29, 0.717) is 11.1 Å². The summed E-state index contributed by atoms with van der Waals surface area (Å²) in [4.78, 5) is 1.02. The minimum absolute atomic E-state index is 0.606. The van der Waals surface area contributed by atoms with Gasteiger partial charge >= 0.3 is 0 Å². The molecule has 0 unspecified atom stereocenters. The molecule has 0 bridgehead atoms. The van der Waals surface area contributed by atoms with Gasteiger partial charge in [-0.3, -0.25) is 0 Å². The molecule has 62 valence electrons. The zero-order valence-electron chi connectivity index (χ0n) is 6.35. The molecule has 2 aromatic rings. The second kappa shape index (κ2) is 3.28. The third-order valence-electron chi connectivity index (χ3n) is 1.31. The van der Waals surface area contributed by atoms with Crippen molar-refractivity contribution >= 4 is 23.1 Å². The Morgan fingerprint density at radius 3 is 3.00 bits per heavy atom. The van der Waals surface area contributed by atoms with Crippen LogP contribution in [0.5, 0.6) is 0 Å². The molecule has 2 heterocycles. The van der Waals surface area contributed by atoms with Gasteiger partial charge in [0.25, 0.3) is 11.1 Å². The number of hydrogen-bond acceptors (Lipinski definition) is 5. The van der Waals surface area contributed by atoms with E-state index < -0.39 is 0 Å². The molecule has 12 heavy (non-hydrogen) atoms. The number of nitrogens with zero attached hydrogens (tertiary/aromatic N) is 2. The number of rotatable bonds is 2. The van der Waals surface area contributed by atoms with Crippen LogP contribution in [0.1, 0.15) is 0 Å². The summed E-state index contributed by atoms with van der Waals surface area (Å²) < 4.78 is 5.33. The molecule has 0 aliphatic heterocycles. The number of hydrogen-bond donors (Lipinski definition) is 0. The average molecular weight is 198 g/mol. The van der Waals surface area contributed by atoms with Crippen molar-refractivity contribution in [1.82, 2.24) is 10.2 Å². The van der Waals surface area contributed by atoms with Crippen molar-refractivity contribution < 1.29 is 4.42 Å². The fourth-order valence-corrected chi connectivity index (χ4v) is 1.72. The third-order valence-corrected chi connectivity index (χ3v) is 2.69. The Balaban J connectivity index is 2.35. The maximum atomic E-state index is 5.33. The fraction of sp³-hybridized carbons (Fsp3) is 0.143. The van der Waals surface area contributed by atoms with Crippen LogP contribution in [-0.4, -0.2) is 16.5 Å². The zero-order valence-corrected chi connectivity index (χ0v) is 7.98. The molecule has 2 rings (SSSR count). The second-order valence-electron chi connectivity index (χ2n) is 2.05. The molecular formula is C7H6N2OS2. The van der Waals surface area contributed by atoms with Crippen LogP contribution in [0, 0.1) is 0 Å². The molecule has 0 saturated heterocycles. The van der Waals surface area contributed by atoms with Crippen LogP contribution in [0.25, 0.3) is 10.8 Å². The maximum absolute atomic E-state index is 5.33. The average Bonchev–Trinajstić information content (AvgIpc) is 2.75. The predicted octanol–water partition coefficient (Wildman–Crippen LogP) is 2.52. The van der Waals surface area contributed by atoms with Crippen LogP contribution >= 0.6 is 23.1 Å². The molecule has 2 aromatic heterocycles. The Labute approximate surface area is 77.8 Å². The Kier molecular flexibility index (Phi) is 2.14. The van der Waals surface area contributed by atoms with Gasteiger partial charge in [0.15, 0.2) is 0 Å². The summed E-state index contributed by atoms with van der Waals surface area (Å²) >= 11 is 3.05.